The number of carbonyl (C=O) groups is 1. The zero-order valence-electron chi connectivity index (χ0n) is 14.3. The molecule has 0 saturated carbocycles. The maximum Gasteiger partial charge on any atom is 0.251 e. The van der Waals surface area contributed by atoms with Gasteiger partial charge in [0, 0.05) is 5.56 Å². The third kappa shape index (κ3) is 4.28. The van der Waals surface area contributed by atoms with Crippen LogP contribution in [0.3, 0.4) is 0 Å². The number of carbonyl (C=O) groups excluding carboxylic acids is 1. The molecule has 0 fully saturated rings. The standard InChI is InChI=1S/C22H18N2O2/c1-16(18-5-3-2-4-6-18)24-22(25)19-9-13-21(14-10-19)26-20-11-7-17(15-23)8-12-20/h2-14,16H,1H3,(H,24,25). The Hall–Kier alpha value is -3.58. The second kappa shape index (κ2) is 8.00. The molecule has 4 nitrogen and oxygen atoms in total. The van der Waals surface area contributed by atoms with Gasteiger partial charge in [-0.2, -0.15) is 5.26 Å². The number of nitriles is 1. The molecular weight excluding hydrogens is 324 g/mol. The van der Waals surface area contributed by atoms with Crippen LogP contribution in [0.25, 0.3) is 0 Å². The van der Waals surface area contributed by atoms with Crippen molar-refractivity contribution in [3.05, 3.63) is 95.6 Å². The van der Waals surface area contributed by atoms with Gasteiger partial charge in [0.1, 0.15) is 11.5 Å². The lowest BCUT2D eigenvalue weighted by atomic mass is 10.1. The minimum Gasteiger partial charge on any atom is -0.457 e. The third-order valence-corrected chi connectivity index (χ3v) is 3.98. The number of amides is 1. The van der Waals surface area contributed by atoms with Crippen LogP contribution in [0.4, 0.5) is 0 Å². The van der Waals surface area contributed by atoms with E-state index in [1.54, 1.807) is 48.5 Å². The minimum absolute atomic E-state index is 0.0710. The average molecular weight is 342 g/mol. The average Bonchev–Trinajstić information content (AvgIpc) is 2.69. The van der Waals surface area contributed by atoms with E-state index in [0.717, 1.165) is 5.56 Å². The van der Waals surface area contributed by atoms with Crippen molar-refractivity contribution in [2.75, 3.05) is 0 Å². The summed E-state index contributed by atoms with van der Waals surface area (Å²) in [4.78, 5) is 12.4. The van der Waals surface area contributed by atoms with Crippen LogP contribution < -0.4 is 10.1 Å². The van der Waals surface area contributed by atoms with E-state index >= 15 is 0 Å². The first-order chi connectivity index (χ1) is 12.7. The summed E-state index contributed by atoms with van der Waals surface area (Å²) in [5.74, 6) is 1.13. The zero-order valence-corrected chi connectivity index (χ0v) is 14.3. The van der Waals surface area contributed by atoms with Crippen molar-refractivity contribution in [1.82, 2.24) is 5.32 Å². The fourth-order valence-electron chi connectivity index (χ4n) is 2.51. The quantitative estimate of drug-likeness (QED) is 0.721. The van der Waals surface area contributed by atoms with Gasteiger partial charge in [0.2, 0.25) is 0 Å². The lowest BCUT2D eigenvalue weighted by Crippen LogP contribution is -2.26. The Morgan fingerprint density at radius 1 is 0.923 bits per heavy atom. The first-order valence-corrected chi connectivity index (χ1v) is 8.29. The Kier molecular flexibility index (Phi) is 5.31. The highest BCUT2D eigenvalue weighted by Gasteiger charge is 2.11. The number of rotatable bonds is 5. The van der Waals surface area contributed by atoms with Crippen molar-refractivity contribution < 1.29 is 9.53 Å². The van der Waals surface area contributed by atoms with Gasteiger partial charge in [-0.05, 0) is 61.0 Å². The molecule has 26 heavy (non-hydrogen) atoms. The summed E-state index contributed by atoms with van der Waals surface area (Å²) in [5, 5.41) is 11.8. The maximum absolute atomic E-state index is 12.4. The summed E-state index contributed by atoms with van der Waals surface area (Å²) in [5.41, 5.74) is 2.21. The van der Waals surface area contributed by atoms with E-state index in [2.05, 4.69) is 11.4 Å². The number of hydrogen-bond acceptors (Lipinski definition) is 3. The summed E-state index contributed by atoms with van der Waals surface area (Å²) < 4.78 is 5.72. The van der Waals surface area contributed by atoms with Gasteiger partial charge in [-0.25, -0.2) is 0 Å². The molecule has 3 rings (SSSR count). The molecule has 128 valence electrons. The van der Waals surface area contributed by atoms with E-state index in [4.69, 9.17) is 10.00 Å². The molecule has 0 aliphatic rings. The van der Waals surface area contributed by atoms with Crippen LogP contribution in [0.2, 0.25) is 0 Å². The fourth-order valence-corrected chi connectivity index (χ4v) is 2.51. The predicted octanol–water partition coefficient (Wildman–Crippen LogP) is 4.84. The van der Waals surface area contributed by atoms with Gasteiger partial charge < -0.3 is 10.1 Å². The van der Waals surface area contributed by atoms with Gasteiger partial charge in [0.05, 0.1) is 17.7 Å². The molecule has 0 bridgehead atoms. The number of nitrogens with zero attached hydrogens (tertiary/aromatic N) is 1. The van der Waals surface area contributed by atoms with Crippen LogP contribution in [0.5, 0.6) is 11.5 Å². The van der Waals surface area contributed by atoms with Crippen LogP contribution in [0.1, 0.15) is 34.5 Å². The minimum atomic E-state index is -0.133. The Morgan fingerprint density at radius 3 is 2.08 bits per heavy atom. The lowest BCUT2D eigenvalue weighted by molar-refractivity contribution is 0.0940. The Bertz CT molecular complexity index is 911. The predicted molar refractivity (Wildman–Crippen MR) is 100.0 cm³/mol. The molecule has 0 spiro atoms. The van der Waals surface area contributed by atoms with E-state index in [-0.39, 0.29) is 11.9 Å². The van der Waals surface area contributed by atoms with Crippen molar-refractivity contribution in [2.24, 2.45) is 0 Å². The largest absolute Gasteiger partial charge is 0.457 e. The Labute approximate surface area is 152 Å². The highest BCUT2D eigenvalue weighted by atomic mass is 16.5. The molecule has 0 aliphatic heterocycles. The van der Waals surface area contributed by atoms with Gasteiger partial charge in [-0.3, -0.25) is 4.79 Å². The topological polar surface area (TPSA) is 62.1 Å². The SMILES string of the molecule is CC(NC(=O)c1ccc(Oc2ccc(C#N)cc2)cc1)c1ccccc1. The molecule has 0 radical (unpaired) electrons. The Morgan fingerprint density at radius 2 is 1.50 bits per heavy atom. The highest BCUT2D eigenvalue weighted by molar-refractivity contribution is 5.94. The van der Waals surface area contributed by atoms with Gasteiger partial charge in [-0.1, -0.05) is 30.3 Å². The molecule has 0 aliphatic carbocycles. The van der Waals surface area contributed by atoms with Crippen molar-refractivity contribution >= 4 is 5.91 Å². The van der Waals surface area contributed by atoms with E-state index in [0.29, 0.717) is 22.6 Å². The van der Waals surface area contributed by atoms with Gasteiger partial charge in [0.15, 0.2) is 0 Å². The monoisotopic (exact) mass is 342 g/mol. The highest BCUT2D eigenvalue weighted by Crippen LogP contribution is 2.22. The van der Waals surface area contributed by atoms with Gasteiger partial charge in [-0.15, -0.1) is 0 Å². The molecule has 0 heterocycles. The second-order valence-corrected chi connectivity index (χ2v) is 5.87. The first kappa shape index (κ1) is 17.2. The number of hydrogen-bond donors (Lipinski definition) is 1. The van der Waals surface area contributed by atoms with Crippen molar-refractivity contribution in [1.29, 1.82) is 5.26 Å². The van der Waals surface area contributed by atoms with Crippen LogP contribution in [-0.4, -0.2) is 5.91 Å². The van der Waals surface area contributed by atoms with E-state index < -0.39 is 0 Å². The first-order valence-electron chi connectivity index (χ1n) is 8.29. The molecular formula is C22H18N2O2. The van der Waals surface area contributed by atoms with Crippen LogP contribution in [-0.2, 0) is 0 Å². The molecule has 1 N–H and O–H groups in total. The molecule has 4 heteroatoms. The number of ether oxygens (including phenoxy) is 1. The number of benzene rings is 3. The summed E-state index contributed by atoms with van der Waals surface area (Å²) in [7, 11) is 0. The van der Waals surface area contributed by atoms with E-state index in [9.17, 15) is 4.79 Å². The smallest absolute Gasteiger partial charge is 0.251 e. The molecule has 0 aromatic heterocycles. The molecule has 3 aromatic carbocycles. The van der Waals surface area contributed by atoms with Crippen molar-refractivity contribution in [3.8, 4) is 17.6 Å². The second-order valence-electron chi connectivity index (χ2n) is 5.87. The van der Waals surface area contributed by atoms with Gasteiger partial charge in [0.25, 0.3) is 5.91 Å². The maximum atomic E-state index is 12.4. The summed E-state index contributed by atoms with van der Waals surface area (Å²) in [6.45, 7) is 1.95. The summed E-state index contributed by atoms with van der Waals surface area (Å²) in [6, 6.07) is 25.6. The van der Waals surface area contributed by atoms with Crippen molar-refractivity contribution in [3.63, 3.8) is 0 Å². The molecule has 1 unspecified atom stereocenters. The zero-order chi connectivity index (χ0) is 18.4. The van der Waals surface area contributed by atoms with E-state index in [1.165, 1.54) is 0 Å². The van der Waals surface area contributed by atoms with Crippen LogP contribution in [0, 0.1) is 11.3 Å². The molecule has 3 aromatic rings. The van der Waals surface area contributed by atoms with Crippen LogP contribution in [0.15, 0.2) is 78.9 Å². The summed E-state index contributed by atoms with van der Waals surface area (Å²) in [6.07, 6.45) is 0. The number of nitrogens with one attached hydrogen (secondary N) is 1. The normalized spacial score (nSPS) is 11.2. The lowest BCUT2D eigenvalue weighted by Gasteiger charge is -2.14. The third-order valence-electron chi connectivity index (χ3n) is 3.98. The molecule has 1 atom stereocenters. The molecule has 0 saturated heterocycles. The fraction of sp³-hybridized carbons (Fsp3) is 0.0909. The van der Waals surface area contributed by atoms with Gasteiger partial charge >= 0.3 is 0 Å². The Balaban J connectivity index is 1.63. The van der Waals surface area contributed by atoms with E-state index in [1.807, 2.05) is 37.3 Å². The summed E-state index contributed by atoms with van der Waals surface area (Å²) >= 11 is 0. The molecule has 1 amide bonds. The van der Waals surface area contributed by atoms with Crippen LogP contribution >= 0.6 is 0 Å². The van der Waals surface area contributed by atoms with Crippen molar-refractivity contribution in [2.45, 2.75) is 13.0 Å².